The molecule has 1 aliphatic rings. The molecule has 2 aromatic rings. The normalized spacial score (nSPS) is 16.5. The Morgan fingerprint density at radius 1 is 1.23 bits per heavy atom. The predicted molar refractivity (Wildman–Crippen MR) is 116 cm³/mol. The van der Waals surface area contributed by atoms with Crippen LogP contribution in [0.5, 0.6) is 5.75 Å². The maximum Gasteiger partial charge on any atom is 0.269 e. The third kappa shape index (κ3) is 4.36. The zero-order chi connectivity index (χ0) is 22.2. The first-order chi connectivity index (χ1) is 14.0. The highest BCUT2D eigenvalue weighted by molar-refractivity contribution is 7.89. The minimum Gasteiger partial charge on any atom is -0.504 e. The lowest BCUT2D eigenvalue weighted by Gasteiger charge is -2.17. The first kappa shape index (κ1) is 22.3. The highest BCUT2D eigenvalue weighted by Gasteiger charge is 2.28. The molecule has 0 bridgehead atoms. The highest BCUT2D eigenvalue weighted by atomic mass is 35.5. The van der Waals surface area contributed by atoms with E-state index in [0.717, 1.165) is 15.6 Å². The fourth-order valence-corrected chi connectivity index (χ4v) is 4.69. The number of anilines is 1. The van der Waals surface area contributed by atoms with Crippen molar-refractivity contribution in [3.05, 3.63) is 40.3 Å². The van der Waals surface area contributed by atoms with Crippen molar-refractivity contribution < 1.29 is 22.2 Å². The SMILES string of the molecule is Cc1cc(CNC2=NS(=O)N=C2Nc2ccc(Cl)c(S(=O)(=O)N(C)C)c2O)oc1C. The molecule has 1 aliphatic heterocycles. The zero-order valence-corrected chi connectivity index (χ0v) is 18.9. The van der Waals surface area contributed by atoms with Gasteiger partial charge in [0.15, 0.2) is 17.4 Å². The molecular formula is C17H20ClN5O5S2. The number of phenolic OH excluding ortho intramolecular Hbond substituents is 1. The van der Waals surface area contributed by atoms with Crippen molar-refractivity contribution in [2.24, 2.45) is 8.80 Å². The van der Waals surface area contributed by atoms with E-state index in [1.165, 1.54) is 26.2 Å². The maximum absolute atomic E-state index is 12.5. The Morgan fingerprint density at radius 3 is 2.50 bits per heavy atom. The number of hydrogen-bond acceptors (Lipinski definition) is 7. The van der Waals surface area contributed by atoms with Crippen molar-refractivity contribution in [2.45, 2.75) is 25.3 Å². The quantitative estimate of drug-likeness (QED) is 0.565. The van der Waals surface area contributed by atoms with Gasteiger partial charge in [-0.3, -0.25) is 0 Å². The average Bonchev–Trinajstić information content (AvgIpc) is 3.16. The van der Waals surface area contributed by atoms with Crippen molar-refractivity contribution >= 4 is 50.2 Å². The van der Waals surface area contributed by atoms with Gasteiger partial charge in [0.2, 0.25) is 10.0 Å². The van der Waals surface area contributed by atoms with Gasteiger partial charge >= 0.3 is 0 Å². The summed E-state index contributed by atoms with van der Waals surface area (Å²) in [6.45, 7) is 4.03. The molecule has 0 saturated carbocycles. The Kier molecular flexibility index (Phi) is 6.22. The van der Waals surface area contributed by atoms with E-state index in [1.54, 1.807) is 0 Å². The number of rotatable bonds is 5. The lowest BCUT2D eigenvalue weighted by molar-refractivity contribution is 0.455. The van der Waals surface area contributed by atoms with Gasteiger partial charge in [-0.25, -0.2) is 16.9 Å². The van der Waals surface area contributed by atoms with Gasteiger partial charge in [0, 0.05) is 14.1 Å². The van der Waals surface area contributed by atoms with Crippen molar-refractivity contribution in [3.8, 4) is 5.75 Å². The number of amidine groups is 2. The Labute approximate surface area is 181 Å². The van der Waals surface area contributed by atoms with E-state index in [1.807, 2.05) is 19.9 Å². The summed E-state index contributed by atoms with van der Waals surface area (Å²) in [5, 5.41) is 16.1. The lowest BCUT2D eigenvalue weighted by Crippen LogP contribution is -2.33. The predicted octanol–water partition coefficient (Wildman–Crippen LogP) is 2.10. The van der Waals surface area contributed by atoms with Crippen LogP contribution in [-0.2, 0) is 27.7 Å². The molecule has 0 spiro atoms. The number of nitrogens with one attached hydrogen (secondary N) is 2. The van der Waals surface area contributed by atoms with Crippen molar-refractivity contribution in [1.82, 2.24) is 9.62 Å². The minimum absolute atomic E-state index is 0.0108. The zero-order valence-electron chi connectivity index (χ0n) is 16.6. The molecule has 13 heteroatoms. The summed E-state index contributed by atoms with van der Waals surface area (Å²) < 4.78 is 51.1. The van der Waals surface area contributed by atoms with Crippen LogP contribution in [0, 0.1) is 13.8 Å². The van der Waals surface area contributed by atoms with Crippen LogP contribution in [0.3, 0.4) is 0 Å². The Bertz CT molecular complexity index is 1170. The van der Waals surface area contributed by atoms with Crippen molar-refractivity contribution in [2.75, 3.05) is 19.4 Å². The van der Waals surface area contributed by atoms with Crippen LogP contribution in [0.1, 0.15) is 17.1 Å². The van der Waals surface area contributed by atoms with Crippen molar-refractivity contribution in [1.29, 1.82) is 0 Å². The number of aryl methyl sites for hydroxylation is 2. The molecule has 1 aromatic heterocycles. The molecular weight excluding hydrogens is 454 g/mol. The summed E-state index contributed by atoms with van der Waals surface area (Å²) in [4.78, 5) is -0.452. The summed E-state index contributed by atoms with van der Waals surface area (Å²) in [5.41, 5.74) is 1.01. The van der Waals surface area contributed by atoms with E-state index in [4.69, 9.17) is 16.0 Å². The number of benzene rings is 1. The first-order valence-corrected chi connectivity index (χ1v) is 11.5. The first-order valence-electron chi connectivity index (χ1n) is 8.61. The van der Waals surface area contributed by atoms with Crippen LogP contribution in [-0.4, -0.2) is 47.8 Å². The van der Waals surface area contributed by atoms with Crippen LogP contribution >= 0.6 is 11.6 Å². The van der Waals surface area contributed by atoms with Crippen molar-refractivity contribution in [3.63, 3.8) is 0 Å². The third-order valence-corrected chi connectivity index (χ3v) is 7.28. The van der Waals surface area contributed by atoms with Crippen LogP contribution in [0.4, 0.5) is 5.69 Å². The summed E-state index contributed by atoms with van der Waals surface area (Å²) in [7, 11) is -1.37. The molecule has 1 atom stereocenters. The smallest absolute Gasteiger partial charge is 0.269 e. The largest absolute Gasteiger partial charge is 0.504 e. The summed E-state index contributed by atoms with van der Waals surface area (Å²) in [6, 6.07) is 4.57. The Morgan fingerprint density at radius 2 is 1.90 bits per heavy atom. The highest BCUT2D eigenvalue weighted by Crippen LogP contribution is 2.38. The van der Waals surface area contributed by atoms with E-state index in [-0.39, 0.29) is 28.9 Å². The molecule has 10 nitrogen and oxygen atoms in total. The van der Waals surface area contributed by atoms with Gasteiger partial charge in [0.25, 0.3) is 11.2 Å². The molecule has 30 heavy (non-hydrogen) atoms. The molecule has 0 radical (unpaired) electrons. The second kappa shape index (κ2) is 8.38. The Hall–Kier alpha value is -2.41. The van der Waals surface area contributed by atoms with Gasteiger partial charge in [0.1, 0.15) is 16.4 Å². The van der Waals surface area contributed by atoms with E-state index in [0.29, 0.717) is 5.76 Å². The van der Waals surface area contributed by atoms with Gasteiger partial charge in [-0.2, -0.15) is 0 Å². The standard InChI is InChI=1S/C17H20ClN5O5S2/c1-9-7-11(28-10(9)2)8-19-16-17(22-29(25)21-16)20-13-6-5-12(18)15(14(13)24)30(26,27)23(3)4/h5-7,24H,8H2,1-4H3,(H,19,21)(H,20,22). The van der Waals surface area contributed by atoms with Gasteiger partial charge < -0.3 is 20.2 Å². The number of nitrogens with zero attached hydrogens (tertiary/aromatic N) is 3. The Balaban J connectivity index is 1.85. The molecule has 162 valence electrons. The number of hydrogen-bond donors (Lipinski definition) is 3. The van der Waals surface area contributed by atoms with E-state index < -0.39 is 31.8 Å². The van der Waals surface area contributed by atoms with Crippen LogP contribution in [0.25, 0.3) is 0 Å². The lowest BCUT2D eigenvalue weighted by atomic mass is 10.2. The van der Waals surface area contributed by atoms with E-state index in [9.17, 15) is 17.7 Å². The molecule has 0 saturated heterocycles. The average molecular weight is 474 g/mol. The molecule has 3 N–H and O–H groups in total. The fourth-order valence-electron chi connectivity index (χ4n) is 2.57. The topological polar surface area (TPSA) is 137 Å². The molecule has 1 aromatic carbocycles. The molecule has 0 aliphatic carbocycles. The minimum atomic E-state index is -4.01. The fraction of sp³-hybridized carbons (Fsp3) is 0.294. The molecule has 2 heterocycles. The van der Waals surface area contributed by atoms with E-state index >= 15 is 0 Å². The number of furan rings is 1. The van der Waals surface area contributed by atoms with Crippen LogP contribution < -0.4 is 10.6 Å². The second-order valence-corrected chi connectivity index (χ2v) is 9.92. The van der Waals surface area contributed by atoms with Gasteiger partial charge in [-0.1, -0.05) is 11.6 Å². The maximum atomic E-state index is 12.5. The van der Waals surface area contributed by atoms with Gasteiger partial charge in [0.05, 0.1) is 17.3 Å². The van der Waals surface area contributed by atoms with Crippen LogP contribution in [0.15, 0.2) is 36.3 Å². The molecule has 0 fully saturated rings. The van der Waals surface area contributed by atoms with Crippen LogP contribution in [0.2, 0.25) is 5.02 Å². The monoisotopic (exact) mass is 473 g/mol. The van der Waals surface area contributed by atoms with Gasteiger partial charge in [-0.15, -0.1) is 8.80 Å². The van der Waals surface area contributed by atoms with Gasteiger partial charge in [-0.05, 0) is 37.6 Å². The number of phenols is 1. The van der Waals surface area contributed by atoms with E-state index in [2.05, 4.69) is 19.4 Å². The summed E-state index contributed by atoms with van der Waals surface area (Å²) in [5.74, 6) is 1.09. The third-order valence-electron chi connectivity index (χ3n) is 4.29. The summed E-state index contributed by atoms with van der Waals surface area (Å²) >= 11 is 4.14. The number of aromatic hydroxyl groups is 1. The number of halogens is 1. The molecule has 3 rings (SSSR count). The molecule has 0 amide bonds. The molecule has 1 unspecified atom stereocenters. The number of sulfonamides is 1. The second-order valence-electron chi connectivity index (χ2n) is 6.60. The summed E-state index contributed by atoms with van der Waals surface area (Å²) in [6.07, 6.45) is 0.